The first-order valence-corrected chi connectivity index (χ1v) is 9.35. The summed E-state index contributed by atoms with van der Waals surface area (Å²) in [5.74, 6) is 0.657. The Morgan fingerprint density at radius 3 is 2.89 bits per heavy atom. The Kier molecular flexibility index (Phi) is 4.92. The molecule has 0 unspecified atom stereocenters. The Balaban J connectivity index is 1.72. The monoisotopic (exact) mass is 381 g/mol. The first kappa shape index (κ1) is 17.7. The number of pyridine rings is 1. The zero-order chi connectivity index (χ0) is 18.8. The van der Waals surface area contributed by atoms with Crippen LogP contribution < -0.4 is 0 Å². The van der Waals surface area contributed by atoms with E-state index in [9.17, 15) is 5.11 Å². The molecule has 27 heavy (non-hydrogen) atoms. The Bertz CT molecular complexity index is 1060. The van der Waals surface area contributed by atoms with E-state index in [0.29, 0.717) is 10.8 Å². The number of H-pyrrole nitrogens is 1. The molecule has 6 nitrogen and oxygen atoms in total. The van der Waals surface area contributed by atoms with Gasteiger partial charge in [0.1, 0.15) is 12.0 Å². The fourth-order valence-electron chi connectivity index (χ4n) is 3.19. The van der Waals surface area contributed by atoms with E-state index in [-0.39, 0.29) is 0 Å². The number of unbranched alkanes of at least 4 members (excludes halogenated alkanes) is 1. The van der Waals surface area contributed by atoms with Crippen molar-refractivity contribution in [2.75, 3.05) is 0 Å². The van der Waals surface area contributed by atoms with Crippen LogP contribution in [0.1, 0.15) is 37.9 Å². The number of halogens is 1. The smallest absolute Gasteiger partial charge is 0.155 e. The average Bonchev–Trinajstić information content (AvgIpc) is 3.34. The van der Waals surface area contributed by atoms with Gasteiger partial charge >= 0.3 is 0 Å². The minimum atomic E-state index is -0.477. The first-order chi connectivity index (χ1) is 13.2. The Hall–Kier alpha value is -2.70. The van der Waals surface area contributed by atoms with E-state index < -0.39 is 6.10 Å². The van der Waals surface area contributed by atoms with E-state index >= 15 is 0 Å². The molecule has 2 N–H and O–H groups in total. The molecule has 0 saturated carbocycles. The Morgan fingerprint density at radius 2 is 2.11 bits per heavy atom. The van der Waals surface area contributed by atoms with E-state index in [4.69, 9.17) is 11.6 Å². The molecule has 0 bridgehead atoms. The molecule has 1 aromatic carbocycles. The lowest BCUT2D eigenvalue weighted by Crippen LogP contribution is -2.00. The number of hydrogen-bond acceptors (Lipinski definition) is 4. The first-order valence-electron chi connectivity index (χ1n) is 8.97. The minimum Gasteiger partial charge on any atom is -0.388 e. The number of nitrogens with zero attached hydrogens (tertiary/aromatic N) is 4. The van der Waals surface area contributed by atoms with Crippen molar-refractivity contribution in [1.82, 2.24) is 24.7 Å². The summed E-state index contributed by atoms with van der Waals surface area (Å²) in [6.45, 7) is 2.12. The maximum Gasteiger partial charge on any atom is 0.155 e. The van der Waals surface area contributed by atoms with Crippen LogP contribution in [0.5, 0.6) is 0 Å². The summed E-state index contributed by atoms with van der Waals surface area (Å²) in [7, 11) is 0. The predicted octanol–water partition coefficient (Wildman–Crippen LogP) is 4.69. The van der Waals surface area contributed by atoms with Gasteiger partial charge < -0.3 is 9.67 Å². The van der Waals surface area contributed by atoms with Gasteiger partial charge in [-0.05, 0) is 42.3 Å². The Labute approximate surface area is 161 Å². The van der Waals surface area contributed by atoms with Crippen molar-refractivity contribution in [3.63, 3.8) is 0 Å². The molecule has 1 atom stereocenters. The zero-order valence-corrected chi connectivity index (χ0v) is 15.7. The summed E-state index contributed by atoms with van der Waals surface area (Å²) in [6, 6.07) is 9.70. The van der Waals surface area contributed by atoms with Crippen molar-refractivity contribution < 1.29 is 5.11 Å². The molecule has 4 rings (SSSR count). The van der Waals surface area contributed by atoms with Crippen LogP contribution in [0.2, 0.25) is 5.02 Å². The number of aliphatic hydroxyl groups is 1. The molecule has 0 aliphatic heterocycles. The highest BCUT2D eigenvalue weighted by Crippen LogP contribution is 2.28. The van der Waals surface area contributed by atoms with Crippen LogP contribution in [0.4, 0.5) is 0 Å². The lowest BCUT2D eigenvalue weighted by molar-refractivity contribution is 0.164. The molecule has 3 aromatic heterocycles. The number of rotatable bonds is 6. The maximum absolute atomic E-state index is 10.3. The standard InChI is InChI=1S/C20H20ClN5O/c1-2-3-4-18(27)15-7-13-5-6-26(20(13)22-11-15)17-9-14(8-16(21)10-17)19-23-12-24-25-19/h5-12,18,27H,2-4H2,1H3,(H,23,24,25)/t18-/m1/s1. The van der Waals surface area contributed by atoms with E-state index in [1.807, 2.05) is 41.1 Å². The van der Waals surface area contributed by atoms with Gasteiger partial charge in [0, 0.05) is 34.1 Å². The van der Waals surface area contributed by atoms with Gasteiger partial charge in [0.15, 0.2) is 5.82 Å². The number of aromatic nitrogens is 5. The molecule has 0 aliphatic rings. The molecule has 4 aromatic rings. The normalized spacial score (nSPS) is 12.6. The second-order valence-electron chi connectivity index (χ2n) is 6.56. The molecule has 0 saturated heterocycles. The highest BCUT2D eigenvalue weighted by Gasteiger charge is 2.12. The molecule has 3 heterocycles. The van der Waals surface area contributed by atoms with Gasteiger partial charge in [-0.15, -0.1) is 0 Å². The van der Waals surface area contributed by atoms with E-state index in [1.165, 1.54) is 6.33 Å². The van der Waals surface area contributed by atoms with E-state index in [1.54, 1.807) is 6.20 Å². The van der Waals surface area contributed by atoms with Crippen molar-refractivity contribution in [3.05, 3.63) is 59.6 Å². The highest BCUT2D eigenvalue weighted by atomic mass is 35.5. The molecule has 0 spiro atoms. The zero-order valence-electron chi connectivity index (χ0n) is 14.9. The topological polar surface area (TPSA) is 79.6 Å². The van der Waals surface area contributed by atoms with Gasteiger partial charge in [0.2, 0.25) is 0 Å². The number of fused-ring (bicyclic) bond motifs is 1. The molecule has 0 radical (unpaired) electrons. The lowest BCUT2D eigenvalue weighted by Gasteiger charge is -2.11. The third kappa shape index (κ3) is 3.59. The van der Waals surface area contributed by atoms with Crippen LogP contribution in [0.25, 0.3) is 28.1 Å². The van der Waals surface area contributed by atoms with E-state index in [0.717, 1.165) is 47.1 Å². The van der Waals surface area contributed by atoms with Crippen LogP contribution in [0, 0.1) is 0 Å². The quantitative estimate of drug-likeness (QED) is 0.508. The summed E-state index contributed by atoms with van der Waals surface area (Å²) in [5.41, 5.74) is 3.40. The van der Waals surface area contributed by atoms with Crippen molar-refractivity contribution in [2.45, 2.75) is 32.3 Å². The van der Waals surface area contributed by atoms with Crippen molar-refractivity contribution in [3.8, 4) is 17.1 Å². The molecule has 0 amide bonds. The fraction of sp³-hybridized carbons (Fsp3) is 0.250. The summed E-state index contributed by atoms with van der Waals surface area (Å²) in [6.07, 6.45) is 7.50. The number of aliphatic hydroxyl groups excluding tert-OH is 1. The average molecular weight is 382 g/mol. The second-order valence-corrected chi connectivity index (χ2v) is 6.99. The summed E-state index contributed by atoms with van der Waals surface area (Å²) < 4.78 is 1.98. The van der Waals surface area contributed by atoms with Crippen LogP contribution >= 0.6 is 11.6 Å². The number of benzene rings is 1. The molecule has 0 aliphatic carbocycles. The predicted molar refractivity (Wildman–Crippen MR) is 106 cm³/mol. The molecule has 138 valence electrons. The largest absolute Gasteiger partial charge is 0.388 e. The van der Waals surface area contributed by atoms with Gasteiger partial charge in [-0.2, -0.15) is 5.10 Å². The summed E-state index contributed by atoms with van der Waals surface area (Å²) >= 11 is 6.32. The van der Waals surface area contributed by atoms with Gasteiger partial charge in [-0.1, -0.05) is 31.4 Å². The third-order valence-corrected chi connectivity index (χ3v) is 4.83. The highest BCUT2D eigenvalue weighted by molar-refractivity contribution is 6.31. The van der Waals surface area contributed by atoms with Crippen LogP contribution in [-0.2, 0) is 0 Å². The SMILES string of the molecule is CCCC[C@@H](O)c1cnc2c(ccn2-c2cc(Cl)cc(-c3ncn[nH]3)c2)c1. The minimum absolute atomic E-state index is 0.477. The molecule has 0 fully saturated rings. The fourth-order valence-corrected chi connectivity index (χ4v) is 3.42. The number of aromatic amines is 1. The lowest BCUT2D eigenvalue weighted by atomic mass is 10.1. The van der Waals surface area contributed by atoms with Crippen molar-refractivity contribution in [1.29, 1.82) is 0 Å². The number of hydrogen-bond donors (Lipinski definition) is 2. The van der Waals surface area contributed by atoms with Gasteiger partial charge in [-0.25, -0.2) is 9.97 Å². The van der Waals surface area contributed by atoms with E-state index in [2.05, 4.69) is 27.1 Å². The maximum atomic E-state index is 10.3. The van der Waals surface area contributed by atoms with Crippen LogP contribution in [0.15, 0.2) is 49.1 Å². The van der Waals surface area contributed by atoms with Crippen molar-refractivity contribution in [2.24, 2.45) is 0 Å². The molecular formula is C20H20ClN5O. The molecule has 7 heteroatoms. The summed E-state index contributed by atoms with van der Waals surface area (Å²) in [4.78, 5) is 8.78. The van der Waals surface area contributed by atoms with Gasteiger partial charge in [-0.3, -0.25) is 5.10 Å². The Morgan fingerprint density at radius 1 is 1.22 bits per heavy atom. The van der Waals surface area contributed by atoms with Gasteiger partial charge in [0.25, 0.3) is 0 Å². The third-order valence-electron chi connectivity index (χ3n) is 4.61. The molecular weight excluding hydrogens is 362 g/mol. The summed E-state index contributed by atoms with van der Waals surface area (Å²) in [5, 5.41) is 18.7. The van der Waals surface area contributed by atoms with Crippen molar-refractivity contribution >= 4 is 22.6 Å². The van der Waals surface area contributed by atoms with Crippen LogP contribution in [0.3, 0.4) is 0 Å². The van der Waals surface area contributed by atoms with Gasteiger partial charge in [0.05, 0.1) is 6.10 Å². The van der Waals surface area contributed by atoms with Crippen LogP contribution in [-0.4, -0.2) is 29.8 Å². The second kappa shape index (κ2) is 7.50. The number of nitrogens with one attached hydrogen (secondary N) is 1.